The Hall–Kier alpha value is 0.670. The van der Waals surface area contributed by atoms with Crippen molar-refractivity contribution in [1.82, 2.24) is 0 Å². The first kappa shape index (κ1) is 17.7. The van der Waals surface area contributed by atoms with Crippen LogP contribution >= 0.6 is 0 Å². The minimum atomic E-state index is -4.89. The summed E-state index contributed by atoms with van der Waals surface area (Å²) >= 11 is 0. The molecule has 1 rings (SSSR count). The van der Waals surface area contributed by atoms with Crippen molar-refractivity contribution in [2.75, 3.05) is 6.61 Å². The Kier molecular flexibility index (Phi) is 6.99. The van der Waals surface area contributed by atoms with E-state index in [1.54, 1.807) is 0 Å². The average molecular weight is 284 g/mol. The van der Waals surface area contributed by atoms with Crippen LogP contribution in [-0.4, -0.2) is 70.7 Å². The molecule has 0 aromatic carbocycles. The Bertz CT molecular complexity index is 336. The van der Waals surface area contributed by atoms with E-state index in [1.807, 2.05) is 0 Å². The molecule has 5 N–H and O–H groups in total. The van der Waals surface area contributed by atoms with E-state index in [1.165, 1.54) is 0 Å². The van der Waals surface area contributed by atoms with Crippen LogP contribution in [0.15, 0.2) is 0 Å². The van der Waals surface area contributed by atoms with Gasteiger partial charge in [0.2, 0.25) is 6.29 Å². The summed E-state index contributed by atoms with van der Waals surface area (Å²) in [4.78, 5) is 0. The van der Waals surface area contributed by atoms with Crippen LogP contribution in [0.5, 0.6) is 0 Å². The number of ether oxygens (including phenoxy) is 1. The van der Waals surface area contributed by atoms with Crippen LogP contribution in [0, 0.1) is 0 Å². The van der Waals surface area contributed by atoms with Crippen molar-refractivity contribution in [3.8, 4) is 0 Å². The number of rotatable bonds is 3. The second kappa shape index (κ2) is 6.73. The molecule has 0 saturated carbocycles. The van der Waals surface area contributed by atoms with E-state index in [9.17, 15) is 23.7 Å². The molecule has 1 aliphatic heterocycles. The maximum atomic E-state index is 10.4. The van der Waals surface area contributed by atoms with Gasteiger partial charge in [0.25, 0.3) is 0 Å². The molecule has 0 aliphatic carbocycles. The Morgan fingerprint density at radius 1 is 1.18 bits per heavy atom. The van der Waals surface area contributed by atoms with E-state index in [4.69, 9.17) is 9.66 Å². The molecule has 0 unspecified atom stereocenters. The second-order valence-corrected chi connectivity index (χ2v) is 4.27. The fourth-order valence-corrected chi connectivity index (χ4v) is 1.67. The molecule has 5 atom stereocenters. The van der Waals surface area contributed by atoms with E-state index >= 15 is 0 Å². The van der Waals surface area contributed by atoms with Crippen molar-refractivity contribution in [2.24, 2.45) is 0 Å². The maximum absolute atomic E-state index is 10.4. The van der Waals surface area contributed by atoms with Crippen LogP contribution in [0.2, 0.25) is 0 Å². The van der Waals surface area contributed by atoms with Gasteiger partial charge in [-0.05, 0) is 0 Å². The molecule has 0 amide bonds. The minimum Gasteiger partial charge on any atom is -1.00 e. The van der Waals surface area contributed by atoms with E-state index in [2.05, 4.69) is 8.92 Å². The first-order valence-corrected chi connectivity index (χ1v) is 5.59. The molecule has 1 aliphatic rings. The van der Waals surface area contributed by atoms with Gasteiger partial charge in [-0.2, -0.15) is 8.42 Å². The standard InChI is InChI=1S/C6H12O9S.Na.H/c7-1-2-3(8)4(9)5(10)6(14-2)15-16(11,12)13;;/h2-10H,1H2,(H,11,12,13);;/q;+1;-1/t2-,3-,4+,5-,6+;;/m1../s1. The van der Waals surface area contributed by atoms with Gasteiger partial charge in [-0.3, -0.25) is 4.55 Å². The Morgan fingerprint density at radius 2 is 1.71 bits per heavy atom. The van der Waals surface area contributed by atoms with E-state index in [-0.39, 0.29) is 31.0 Å². The quantitative estimate of drug-likeness (QED) is 0.251. The number of aliphatic hydroxyl groups is 4. The summed E-state index contributed by atoms with van der Waals surface area (Å²) in [5.41, 5.74) is 0. The van der Waals surface area contributed by atoms with Crippen LogP contribution in [0.4, 0.5) is 0 Å². The normalized spacial score (nSPS) is 38.5. The molecule has 1 heterocycles. The van der Waals surface area contributed by atoms with Gasteiger partial charge in [0.1, 0.15) is 24.4 Å². The van der Waals surface area contributed by atoms with Crippen molar-refractivity contribution in [1.29, 1.82) is 0 Å². The summed E-state index contributed by atoms with van der Waals surface area (Å²) in [6.45, 7) is -0.726. The summed E-state index contributed by atoms with van der Waals surface area (Å²) in [7, 11) is -4.89. The van der Waals surface area contributed by atoms with E-state index in [0.29, 0.717) is 0 Å². The van der Waals surface area contributed by atoms with Crippen molar-refractivity contribution >= 4 is 10.4 Å². The number of hydrogen-bond donors (Lipinski definition) is 5. The summed E-state index contributed by atoms with van der Waals surface area (Å²) in [5.74, 6) is 0. The summed E-state index contributed by atoms with van der Waals surface area (Å²) in [6.07, 6.45) is -8.46. The first-order valence-electron chi connectivity index (χ1n) is 4.22. The van der Waals surface area contributed by atoms with Gasteiger partial charge in [0.05, 0.1) is 6.61 Å². The molecule has 1 saturated heterocycles. The van der Waals surface area contributed by atoms with Crippen molar-refractivity contribution in [3.63, 3.8) is 0 Å². The molecule has 11 heteroatoms. The van der Waals surface area contributed by atoms with Gasteiger partial charge in [-0.1, -0.05) is 0 Å². The smallest absolute Gasteiger partial charge is 1.00 e. The zero-order valence-corrected chi connectivity index (χ0v) is 11.7. The summed E-state index contributed by atoms with van der Waals surface area (Å²) in [5, 5.41) is 36.5. The van der Waals surface area contributed by atoms with E-state index < -0.39 is 47.7 Å². The molecule has 0 spiro atoms. The van der Waals surface area contributed by atoms with Gasteiger partial charge in [0, 0.05) is 0 Å². The Labute approximate surface area is 121 Å². The monoisotopic (exact) mass is 284 g/mol. The molecule has 0 radical (unpaired) electrons. The number of hydrogen-bond acceptors (Lipinski definition) is 8. The minimum absolute atomic E-state index is 0. The molecule has 98 valence electrons. The van der Waals surface area contributed by atoms with Crippen LogP contribution in [0.1, 0.15) is 1.43 Å². The fraction of sp³-hybridized carbons (Fsp3) is 1.00. The second-order valence-electron chi connectivity index (χ2n) is 3.22. The van der Waals surface area contributed by atoms with E-state index in [0.717, 1.165) is 0 Å². The van der Waals surface area contributed by atoms with Gasteiger partial charge < -0.3 is 26.6 Å². The van der Waals surface area contributed by atoms with Crippen LogP contribution in [-0.2, 0) is 19.3 Å². The SMILES string of the molecule is O=S(=O)(O)O[C@@H]1O[C@H](CO)[C@@H](O)[C@H](O)[C@H]1O.[H-].[Na+]. The van der Waals surface area contributed by atoms with Crippen molar-refractivity contribution in [2.45, 2.75) is 30.7 Å². The van der Waals surface area contributed by atoms with Gasteiger partial charge in [-0.15, -0.1) is 0 Å². The largest absolute Gasteiger partial charge is 1.00 e. The molecular weight excluding hydrogens is 271 g/mol. The predicted molar refractivity (Wildman–Crippen MR) is 47.5 cm³/mol. The molecule has 9 nitrogen and oxygen atoms in total. The molecule has 0 aromatic heterocycles. The first-order chi connectivity index (χ1) is 7.26. The predicted octanol–water partition coefficient (Wildman–Crippen LogP) is -6.28. The van der Waals surface area contributed by atoms with Crippen molar-refractivity contribution in [3.05, 3.63) is 0 Å². The summed E-state index contributed by atoms with van der Waals surface area (Å²) in [6, 6.07) is 0. The zero-order valence-electron chi connectivity index (χ0n) is 9.87. The molecule has 0 aromatic rings. The summed E-state index contributed by atoms with van der Waals surface area (Å²) < 4.78 is 37.6. The van der Waals surface area contributed by atoms with Gasteiger partial charge >= 0.3 is 40.0 Å². The molecular formula is C6H13NaO9S. The van der Waals surface area contributed by atoms with Gasteiger partial charge in [0.15, 0.2) is 0 Å². The average Bonchev–Trinajstić information content (AvgIpc) is 2.17. The van der Waals surface area contributed by atoms with Crippen LogP contribution < -0.4 is 29.6 Å². The zero-order chi connectivity index (χ0) is 12.5. The Balaban J connectivity index is 0. The molecule has 0 bridgehead atoms. The van der Waals surface area contributed by atoms with Gasteiger partial charge in [-0.25, -0.2) is 4.18 Å². The third-order valence-corrected chi connectivity index (χ3v) is 2.50. The van der Waals surface area contributed by atoms with Crippen molar-refractivity contribution < 1.29 is 73.3 Å². The maximum Gasteiger partial charge on any atom is 1.00 e. The number of aliphatic hydroxyl groups excluding tert-OH is 4. The van der Waals surface area contributed by atoms with Crippen LogP contribution in [0.25, 0.3) is 0 Å². The fourth-order valence-electron chi connectivity index (χ4n) is 1.27. The third-order valence-electron chi connectivity index (χ3n) is 2.06. The van der Waals surface area contributed by atoms with Crippen LogP contribution in [0.3, 0.4) is 0 Å². The Morgan fingerprint density at radius 3 is 2.12 bits per heavy atom. The molecule has 17 heavy (non-hydrogen) atoms. The topological polar surface area (TPSA) is 154 Å². The third kappa shape index (κ3) is 4.69. The molecule has 1 fully saturated rings.